The lowest BCUT2D eigenvalue weighted by Gasteiger charge is -2.40. The van der Waals surface area contributed by atoms with Crippen LogP contribution in [0, 0.1) is 17.3 Å². The van der Waals surface area contributed by atoms with Crippen molar-refractivity contribution in [2.24, 2.45) is 17.3 Å². The molecule has 3 unspecified atom stereocenters. The maximum Gasteiger partial charge on any atom is 0.307 e. The van der Waals surface area contributed by atoms with Gasteiger partial charge in [0, 0.05) is 5.25 Å². The molecule has 1 rings (SSSR count). The zero-order valence-electron chi connectivity index (χ0n) is 12.9. The summed E-state index contributed by atoms with van der Waals surface area (Å²) in [5.41, 5.74) is 0.311. The summed E-state index contributed by atoms with van der Waals surface area (Å²) in [4.78, 5) is 11.4. The first-order chi connectivity index (χ1) is 8.86. The Morgan fingerprint density at radius 2 is 1.95 bits per heavy atom. The average Bonchev–Trinajstić information content (AvgIpc) is 2.33. The van der Waals surface area contributed by atoms with Crippen molar-refractivity contribution in [1.29, 1.82) is 0 Å². The highest BCUT2D eigenvalue weighted by Gasteiger charge is 2.38. The van der Waals surface area contributed by atoms with E-state index in [4.69, 9.17) is 0 Å². The van der Waals surface area contributed by atoms with Gasteiger partial charge in [0.15, 0.2) is 0 Å². The molecule has 0 aliphatic heterocycles. The van der Waals surface area contributed by atoms with Gasteiger partial charge in [-0.3, -0.25) is 4.79 Å². The van der Waals surface area contributed by atoms with Gasteiger partial charge in [-0.25, -0.2) is 0 Å². The van der Waals surface area contributed by atoms with Gasteiger partial charge in [0.05, 0.1) is 5.92 Å². The van der Waals surface area contributed by atoms with Gasteiger partial charge in [0.2, 0.25) is 0 Å². The maximum atomic E-state index is 11.4. The minimum absolute atomic E-state index is 0.120. The van der Waals surface area contributed by atoms with E-state index in [-0.39, 0.29) is 5.92 Å². The fourth-order valence-corrected chi connectivity index (χ4v) is 4.50. The molecule has 0 saturated heterocycles. The largest absolute Gasteiger partial charge is 0.481 e. The molecule has 0 aromatic heterocycles. The van der Waals surface area contributed by atoms with Gasteiger partial charge in [-0.05, 0) is 42.8 Å². The molecule has 0 heterocycles. The summed E-state index contributed by atoms with van der Waals surface area (Å²) < 4.78 is 0. The van der Waals surface area contributed by atoms with E-state index in [0.29, 0.717) is 16.6 Å². The van der Waals surface area contributed by atoms with Gasteiger partial charge in [-0.1, -0.05) is 40.5 Å². The van der Waals surface area contributed by atoms with Crippen LogP contribution in [-0.2, 0) is 4.79 Å². The first-order valence-corrected chi connectivity index (χ1v) is 8.75. The van der Waals surface area contributed by atoms with Crippen molar-refractivity contribution in [3.8, 4) is 0 Å². The summed E-state index contributed by atoms with van der Waals surface area (Å²) in [6.07, 6.45) is 6.75. The molecule has 0 amide bonds. The molecule has 1 aliphatic carbocycles. The van der Waals surface area contributed by atoms with Crippen molar-refractivity contribution in [2.75, 3.05) is 5.75 Å². The molecule has 0 spiro atoms. The summed E-state index contributed by atoms with van der Waals surface area (Å²) in [5, 5.41) is 9.71. The Kier molecular flexibility index (Phi) is 6.72. The van der Waals surface area contributed by atoms with E-state index < -0.39 is 5.97 Å². The highest BCUT2D eigenvalue weighted by molar-refractivity contribution is 7.99. The van der Waals surface area contributed by atoms with Crippen molar-refractivity contribution in [3.63, 3.8) is 0 Å². The maximum absolute atomic E-state index is 11.4. The number of hydrogen-bond donors (Lipinski definition) is 1. The van der Waals surface area contributed by atoms with Crippen molar-refractivity contribution in [2.45, 2.75) is 71.5 Å². The zero-order chi connectivity index (χ0) is 14.5. The van der Waals surface area contributed by atoms with Crippen LogP contribution in [0.4, 0.5) is 0 Å². The summed E-state index contributed by atoms with van der Waals surface area (Å²) in [6.45, 7) is 9.08. The van der Waals surface area contributed by atoms with Crippen LogP contribution < -0.4 is 0 Å². The van der Waals surface area contributed by atoms with Crippen molar-refractivity contribution in [1.82, 2.24) is 0 Å². The van der Waals surface area contributed by atoms with Gasteiger partial charge in [-0.2, -0.15) is 11.8 Å². The molecule has 1 N–H and O–H groups in total. The van der Waals surface area contributed by atoms with Crippen LogP contribution in [0.2, 0.25) is 0 Å². The first-order valence-electron chi connectivity index (χ1n) is 7.70. The van der Waals surface area contributed by atoms with Gasteiger partial charge in [-0.15, -0.1) is 0 Å². The van der Waals surface area contributed by atoms with Gasteiger partial charge in [0.25, 0.3) is 0 Å². The van der Waals surface area contributed by atoms with E-state index >= 15 is 0 Å². The molecule has 1 aliphatic rings. The smallest absolute Gasteiger partial charge is 0.307 e. The van der Waals surface area contributed by atoms with Crippen molar-refractivity contribution < 1.29 is 9.90 Å². The average molecular weight is 286 g/mol. The molecule has 1 fully saturated rings. The second kappa shape index (κ2) is 7.56. The predicted octanol–water partition coefficient (Wildman–Crippen LogP) is 4.83. The molecule has 1 saturated carbocycles. The molecule has 0 aromatic rings. The lowest BCUT2D eigenvalue weighted by Crippen LogP contribution is -2.37. The molecule has 2 nitrogen and oxygen atoms in total. The normalized spacial score (nSPS) is 28.3. The summed E-state index contributed by atoms with van der Waals surface area (Å²) in [5.74, 6) is 1.09. The quantitative estimate of drug-likeness (QED) is 0.711. The Balaban J connectivity index is 2.55. The molecule has 3 atom stereocenters. The molecule has 0 aromatic carbocycles. The third-order valence-electron chi connectivity index (χ3n) is 4.41. The standard InChI is InChI=1S/C16H30O2S/c1-5-6-7-10-19-14-11-12(16(2,3)4)8-9-13(14)15(17)18/h12-14H,5-11H2,1-4H3,(H,17,18). The van der Waals surface area contributed by atoms with Crippen LogP contribution in [-0.4, -0.2) is 22.1 Å². The fourth-order valence-electron chi connectivity index (χ4n) is 2.97. The first kappa shape index (κ1) is 16.9. The van der Waals surface area contributed by atoms with E-state index in [9.17, 15) is 9.90 Å². The summed E-state index contributed by atoms with van der Waals surface area (Å²) in [6, 6.07) is 0. The summed E-state index contributed by atoms with van der Waals surface area (Å²) >= 11 is 1.91. The van der Waals surface area contributed by atoms with Crippen molar-refractivity contribution in [3.05, 3.63) is 0 Å². The Hall–Kier alpha value is -0.180. The van der Waals surface area contributed by atoms with Gasteiger partial charge in [0.1, 0.15) is 0 Å². The monoisotopic (exact) mass is 286 g/mol. The molecule has 3 heteroatoms. The number of carboxylic acids is 1. The van der Waals surface area contributed by atoms with E-state index in [2.05, 4.69) is 27.7 Å². The topological polar surface area (TPSA) is 37.3 Å². The van der Waals surface area contributed by atoms with Crippen LogP contribution in [0.25, 0.3) is 0 Å². The lowest BCUT2D eigenvalue weighted by molar-refractivity contribution is -0.143. The van der Waals surface area contributed by atoms with E-state index in [0.717, 1.165) is 25.0 Å². The van der Waals surface area contributed by atoms with E-state index in [1.807, 2.05) is 11.8 Å². The van der Waals surface area contributed by atoms with Crippen LogP contribution in [0.5, 0.6) is 0 Å². The minimum atomic E-state index is -0.583. The summed E-state index contributed by atoms with van der Waals surface area (Å²) in [7, 11) is 0. The number of unbranched alkanes of at least 4 members (excludes halogenated alkanes) is 2. The molecular formula is C16H30O2S. The third kappa shape index (κ3) is 5.37. The number of carbonyl (C=O) groups is 1. The second-order valence-electron chi connectivity index (χ2n) is 6.94. The SMILES string of the molecule is CCCCCSC1CC(C(C)(C)C)CCC1C(=O)O. The molecule has 19 heavy (non-hydrogen) atoms. The Morgan fingerprint density at radius 3 is 2.47 bits per heavy atom. The predicted molar refractivity (Wildman–Crippen MR) is 83.7 cm³/mol. The highest BCUT2D eigenvalue weighted by atomic mass is 32.2. The van der Waals surface area contributed by atoms with Crippen LogP contribution >= 0.6 is 11.8 Å². The number of rotatable bonds is 6. The van der Waals surface area contributed by atoms with E-state index in [1.54, 1.807) is 0 Å². The third-order valence-corrected chi connectivity index (χ3v) is 5.89. The van der Waals surface area contributed by atoms with Crippen LogP contribution in [0.1, 0.15) is 66.2 Å². The van der Waals surface area contributed by atoms with E-state index in [1.165, 1.54) is 19.3 Å². The molecule has 112 valence electrons. The van der Waals surface area contributed by atoms with Crippen LogP contribution in [0.15, 0.2) is 0 Å². The molecule has 0 bridgehead atoms. The number of thioether (sulfide) groups is 1. The minimum Gasteiger partial charge on any atom is -0.481 e. The number of hydrogen-bond acceptors (Lipinski definition) is 2. The van der Waals surface area contributed by atoms with Crippen molar-refractivity contribution >= 4 is 17.7 Å². The Labute approximate surface area is 122 Å². The molecule has 0 radical (unpaired) electrons. The zero-order valence-corrected chi connectivity index (χ0v) is 13.8. The fraction of sp³-hybridized carbons (Fsp3) is 0.938. The Bertz CT molecular complexity index is 283. The van der Waals surface area contributed by atoms with Gasteiger partial charge < -0.3 is 5.11 Å². The Morgan fingerprint density at radius 1 is 1.26 bits per heavy atom. The van der Waals surface area contributed by atoms with Crippen LogP contribution in [0.3, 0.4) is 0 Å². The second-order valence-corrected chi connectivity index (χ2v) is 8.28. The molecular weight excluding hydrogens is 256 g/mol. The lowest BCUT2D eigenvalue weighted by atomic mass is 9.69. The van der Waals surface area contributed by atoms with Gasteiger partial charge >= 0.3 is 5.97 Å². The highest BCUT2D eigenvalue weighted by Crippen LogP contribution is 2.44. The number of aliphatic carboxylic acids is 1. The number of carboxylic acid groups (broad SMARTS) is 1.